The van der Waals surface area contributed by atoms with Crippen LogP contribution in [0.5, 0.6) is 5.75 Å². The van der Waals surface area contributed by atoms with Crippen LogP contribution in [0, 0.1) is 15.0 Å². The normalized spacial score (nSPS) is 14.6. The number of para-hydroxylation sites is 1. The summed E-state index contributed by atoms with van der Waals surface area (Å²) >= 11 is 5.35. The Bertz CT molecular complexity index is 1090. The average Bonchev–Trinajstić information content (AvgIpc) is 3.14. The fourth-order valence-corrected chi connectivity index (χ4v) is 3.63. The van der Waals surface area contributed by atoms with Crippen LogP contribution >= 0.6 is 12.2 Å². The van der Waals surface area contributed by atoms with Gasteiger partial charge in [0, 0.05) is 44.0 Å². The second-order valence-corrected chi connectivity index (χ2v) is 7.24. The minimum absolute atomic E-state index is 0.101. The molecule has 0 radical (unpaired) electrons. The molecule has 4 rings (SSSR count). The number of nitro benzene ring substituents is 1. The second kappa shape index (κ2) is 8.64. The van der Waals surface area contributed by atoms with E-state index in [-0.39, 0.29) is 10.6 Å². The zero-order valence-electron chi connectivity index (χ0n) is 16.4. The van der Waals surface area contributed by atoms with Gasteiger partial charge in [0.25, 0.3) is 16.4 Å². The minimum Gasteiger partial charge on any atom is -0.496 e. The molecule has 30 heavy (non-hydrogen) atoms. The Hall–Kier alpha value is -3.24. The van der Waals surface area contributed by atoms with Crippen molar-refractivity contribution in [1.82, 2.24) is 14.7 Å². The summed E-state index contributed by atoms with van der Waals surface area (Å²) in [6.45, 7) is 3.78. The van der Waals surface area contributed by atoms with Gasteiger partial charge < -0.3 is 14.1 Å². The molecule has 9 nitrogen and oxygen atoms in total. The number of aromatic nitrogens is 2. The number of non-ortho nitro benzene ring substituents is 1. The third kappa shape index (κ3) is 4.19. The third-order valence-corrected chi connectivity index (χ3v) is 5.37. The van der Waals surface area contributed by atoms with E-state index in [1.54, 1.807) is 23.9 Å². The van der Waals surface area contributed by atoms with E-state index in [9.17, 15) is 10.1 Å². The van der Waals surface area contributed by atoms with Crippen molar-refractivity contribution in [1.29, 1.82) is 0 Å². The summed E-state index contributed by atoms with van der Waals surface area (Å²) in [6, 6.07) is 14.2. The van der Waals surface area contributed by atoms with Gasteiger partial charge in [0.05, 0.1) is 24.3 Å². The molecule has 0 unspecified atom stereocenters. The molecule has 3 aromatic rings. The van der Waals surface area contributed by atoms with E-state index in [4.69, 9.17) is 21.4 Å². The maximum Gasteiger partial charge on any atom is 0.288 e. The van der Waals surface area contributed by atoms with Crippen molar-refractivity contribution >= 4 is 23.6 Å². The molecule has 0 atom stereocenters. The number of piperazine rings is 1. The quantitative estimate of drug-likeness (QED) is 0.335. The number of nitro groups is 1. The smallest absolute Gasteiger partial charge is 0.288 e. The first-order valence-electron chi connectivity index (χ1n) is 9.48. The van der Waals surface area contributed by atoms with Gasteiger partial charge in [-0.2, -0.15) is 0 Å². The standard InChI is InChI=1S/C20H21N5O4S/c1-28-18-5-3-2-4-17(18)19-21-24(20(30)29-19)14-22-10-12-23(13-11-22)15-6-8-16(9-7-15)25(26)27/h2-9H,10-14H2,1H3. The van der Waals surface area contributed by atoms with Gasteiger partial charge in [0.15, 0.2) is 0 Å². The highest BCUT2D eigenvalue weighted by molar-refractivity contribution is 7.71. The van der Waals surface area contributed by atoms with E-state index in [1.165, 1.54) is 12.1 Å². The molecular weight excluding hydrogens is 406 g/mol. The Kier molecular flexibility index (Phi) is 5.77. The lowest BCUT2D eigenvalue weighted by Gasteiger charge is -2.35. The molecule has 1 aliphatic heterocycles. The lowest BCUT2D eigenvalue weighted by Crippen LogP contribution is -2.46. The van der Waals surface area contributed by atoms with E-state index in [0.29, 0.717) is 23.1 Å². The van der Waals surface area contributed by atoms with Crippen molar-refractivity contribution in [3.63, 3.8) is 0 Å². The highest BCUT2D eigenvalue weighted by Gasteiger charge is 2.20. The van der Waals surface area contributed by atoms with Crippen LogP contribution in [0.2, 0.25) is 0 Å². The Labute approximate surface area is 178 Å². The number of nitrogens with zero attached hydrogens (tertiary/aromatic N) is 5. The summed E-state index contributed by atoms with van der Waals surface area (Å²) in [5, 5.41) is 15.3. The van der Waals surface area contributed by atoms with Crippen molar-refractivity contribution in [2.75, 3.05) is 38.2 Å². The number of ether oxygens (including phenoxy) is 1. The van der Waals surface area contributed by atoms with Crippen LogP contribution in [0.4, 0.5) is 11.4 Å². The fraction of sp³-hybridized carbons (Fsp3) is 0.300. The largest absolute Gasteiger partial charge is 0.496 e. The van der Waals surface area contributed by atoms with Crippen molar-refractivity contribution in [3.05, 3.63) is 63.5 Å². The molecule has 0 amide bonds. The molecule has 156 valence electrons. The van der Waals surface area contributed by atoms with Crippen molar-refractivity contribution in [2.24, 2.45) is 0 Å². The van der Waals surface area contributed by atoms with E-state index in [2.05, 4.69) is 14.9 Å². The highest BCUT2D eigenvalue weighted by Crippen LogP contribution is 2.28. The lowest BCUT2D eigenvalue weighted by atomic mass is 10.2. The molecule has 10 heteroatoms. The minimum atomic E-state index is -0.386. The van der Waals surface area contributed by atoms with E-state index in [1.807, 2.05) is 24.3 Å². The molecule has 0 saturated carbocycles. The van der Waals surface area contributed by atoms with E-state index >= 15 is 0 Å². The number of hydrogen-bond donors (Lipinski definition) is 0. The Morgan fingerprint density at radius 2 is 1.83 bits per heavy atom. The van der Waals surface area contributed by atoms with E-state index < -0.39 is 0 Å². The molecule has 1 aliphatic rings. The Balaban J connectivity index is 1.40. The van der Waals surface area contributed by atoms with Crippen LogP contribution in [0.15, 0.2) is 52.9 Å². The average molecular weight is 427 g/mol. The maximum atomic E-state index is 10.8. The van der Waals surface area contributed by atoms with Crippen LogP contribution in [0.25, 0.3) is 11.5 Å². The zero-order chi connectivity index (χ0) is 21.1. The van der Waals surface area contributed by atoms with Gasteiger partial charge in [-0.1, -0.05) is 12.1 Å². The monoisotopic (exact) mass is 427 g/mol. The van der Waals surface area contributed by atoms with Gasteiger partial charge in [-0.3, -0.25) is 15.0 Å². The summed E-state index contributed by atoms with van der Waals surface area (Å²) < 4.78 is 12.8. The van der Waals surface area contributed by atoms with Gasteiger partial charge in [0.1, 0.15) is 5.75 Å². The SMILES string of the molecule is COc1ccccc1-c1nn(CN2CCN(c3ccc([N+](=O)[O-])cc3)CC2)c(=S)o1. The van der Waals surface area contributed by atoms with Gasteiger partial charge in [-0.05, 0) is 36.5 Å². The van der Waals surface area contributed by atoms with Crippen molar-refractivity contribution < 1.29 is 14.1 Å². The number of anilines is 1. The van der Waals surface area contributed by atoms with Crippen LogP contribution in [0.1, 0.15) is 0 Å². The van der Waals surface area contributed by atoms with E-state index in [0.717, 1.165) is 37.4 Å². The van der Waals surface area contributed by atoms with Gasteiger partial charge >= 0.3 is 0 Å². The summed E-state index contributed by atoms with van der Waals surface area (Å²) in [5.41, 5.74) is 1.84. The first-order valence-corrected chi connectivity index (χ1v) is 9.89. The molecule has 1 fully saturated rings. The van der Waals surface area contributed by atoms with Crippen LogP contribution in [0.3, 0.4) is 0 Å². The molecular formula is C20H21N5O4S. The summed E-state index contributed by atoms with van der Waals surface area (Å²) in [6.07, 6.45) is 0. The Morgan fingerprint density at radius 1 is 1.13 bits per heavy atom. The highest BCUT2D eigenvalue weighted by atomic mass is 32.1. The fourth-order valence-electron chi connectivity index (χ4n) is 3.45. The topological polar surface area (TPSA) is 89.8 Å². The molecule has 2 heterocycles. The predicted molar refractivity (Wildman–Crippen MR) is 114 cm³/mol. The van der Waals surface area contributed by atoms with Gasteiger partial charge in [-0.25, -0.2) is 4.68 Å². The number of methoxy groups -OCH3 is 1. The zero-order valence-corrected chi connectivity index (χ0v) is 17.2. The van der Waals surface area contributed by atoms with Crippen molar-refractivity contribution in [3.8, 4) is 17.2 Å². The number of rotatable bonds is 6. The first-order chi connectivity index (χ1) is 14.5. The lowest BCUT2D eigenvalue weighted by molar-refractivity contribution is -0.384. The molecule has 1 saturated heterocycles. The van der Waals surface area contributed by atoms with Crippen LogP contribution in [-0.4, -0.2) is 52.9 Å². The number of hydrogen-bond acceptors (Lipinski definition) is 8. The molecule has 1 aromatic heterocycles. The molecule has 0 spiro atoms. The first kappa shape index (κ1) is 20.0. The second-order valence-electron chi connectivity index (χ2n) is 6.89. The van der Waals surface area contributed by atoms with Gasteiger partial charge in [-0.15, -0.1) is 5.10 Å². The molecule has 2 aromatic carbocycles. The summed E-state index contributed by atoms with van der Waals surface area (Å²) in [5.74, 6) is 1.11. The molecule has 0 aliphatic carbocycles. The van der Waals surface area contributed by atoms with Crippen LogP contribution < -0.4 is 9.64 Å². The number of benzene rings is 2. The summed E-state index contributed by atoms with van der Waals surface area (Å²) in [4.78, 5) is 15.2. The predicted octanol–water partition coefficient (Wildman–Crippen LogP) is 3.57. The molecule has 0 bridgehead atoms. The van der Waals surface area contributed by atoms with Crippen LogP contribution in [-0.2, 0) is 6.67 Å². The maximum absolute atomic E-state index is 10.8. The van der Waals surface area contributed by atoms with Gasteiger partial charge in [0.2, 0.25) is 0 Å². The molecule has 0 N–H and O–H groups in total. The van der Waals surface area contributed by atoms with Crippen molar-refractivity contribution in [2.45, 2.75) is 6.67 Å². The summed E-state index contributed by atoms with van der Waals surface area (Å²) in [7, 11) is 1.61. The Morgan fingerprint density at radius 3 is 2.50 bits per heavy atom. The third-order valence-electron chi connectivity index (χ3n) is 5.08.